The Morgan fingerprint density at radius 2 is 1.82 bits per heavy atom. The smallest absolute Gasteiger partial charge is 0.269 e. The number of aliphatic hydroxyl groups excluding tert-OH is 3. The second-order valence-corrected chi connectivity index (χ2v) is 14.0. The molecule has 1 aliphatic heterocycles. The summed E-state index contributed by atoms with van der Waals surface area (Å²) < 4.78 is 19.6. The van der Waals surface area contributed by atoms with E-state index >= 15 is 0 Å². The van der Waals surface area contributed by atoms with E-state index in [4.69, 9.17) is 19.0 Å². The van der Waals surface area contributed by atoms with E-state index in [1.54, 1.807) is 47.4 Å². The van der Waals surface area contributed by atoms with Crippen molar-refractivity contribution in [2.24, 2.45) is 22.9 Å². The third kappa shape index (κ3) is 9.45. The number of nitro groups is 1. The SMILES string of the molecule is C=CCO[C@@]12Oc3ccc(O)cc3[C@H]3[C@H](CCCCO)[C@@H](CCCCO)C=C(C(=NOC)C[C@@H]1N(CCOCCO)C(=O)C=Cc1ccc([N+](=O)[O-])cc1)[C@H]32. The first-order valence-electron chi connectivity index (χ1n) is 18.9. The van der Waals surface area contributed by atoms with Crippen LogP contribution in [0.5, 0.6) is 11.5 Å². The van der Waals surface area contributed by atoms with Crippen LogP contribution in [0.4, 0.5) is 5.69 Å². The first kappa shape index (κ1) is 41.6. The zero-order valence-electron chi connectivity index (χ0n) is 31.3. The minimum Gasteiger partial charge on any atom is -0.508 e. The number of allylic oxidation sites excluding steroid dienone is 1. The summed E-state index contributed by atoms with van der Waals surface area (Å²) in [6.07, 6.45) is 11.3. The first-order valence-corrected chi connectivity index (χ1v) is 18.9. The van der Waals surface area contributed by atoms with Crippen molar-refractivity contribution in [2.75, 3.05) is 53.3 Å². The van der Waals surface area contributed by atoms with Crippen LogP contribution >= 0.6 is 0 Å². The summed E-state index contributed by atoms with van der Waals surface area (Å²) in [7, 11) is 1.47. The highest BCUT2D eigenvalue weighted by Gasteiger charge is 2.65. The lowest BCUT2D eigenvalue weighted by Gasteiger charge is -2.60. The maximum absolute atomic E-state index is 14.5. The zero-order valence-corrected chi connectivity index (χ0v) is 31.3. The fraction of sp³-hybridized carbons (Fsp3) is 0.512. The van der Waals surface area contributed by atoms with Crippen LogP contribution in [0.3, 0.4) is 0 Å². The Balaban J connectivity index is 1.70. The van der Waals surface area contributed by atoms with E-state index in [2.05, 4.69) is 17.8 Å². The highest BCUT2D eigenvalue weighted by Crippen LogP contribution is 2.61. The standard InChI is InChI=1S/C41H53N3O11/c1-3-22-54-41-37(43(18-23-53-24-21-47)38(49)17-12-28-10-13-30(14-11-28)44(50)51)27-35(42-52-2)33-25-29(8-4-6-19-45)32(9-5-7-20-46)39(40(33)41)34-26-31(48)15-16-36(34)55-41/h3,10-17,25-26,29,32,37,39-40,45-48H,1,4-9,18-24,27H2,2H3/t29-,32+,37-,39+,40+,41+/m0/s1. The fourth-order valence-corrected chi connectivity index (χ4v) is 8.49. The van der Waals surface area contributed by atoms with Crippen LogP contribution in [0.2, 0.25) is 0 Å². The van der Waals surface area contributed by atoms with Gasteiger partial charge in [-0.05, 0) is 85.1 Å². The Kier molecular flexibility index (Phi) is 15.0. The number of oxime groups is 1. The van der Waals surface area contributed by atoms with Crippen LogP contribution in [0.1, 0.15) is 62.0 Å². The predicted molar refractivity (Wildman–Crippen MR) is 205 cm³/mol. The number of aliphatic hydroxyl groups is 3. The molecule has 0 radical (unpaired) electrons. The van der Waals surface area contributed by atoms with Gasteiger partial charge in [0.15, 0.2) is 0 Å². The van der Waals surface area contributed by atoms with Gasteiger partial charge >= 0.3 is 0 Å². The minimum atomic E-state index is -1.50. The number of amides is 1. The topological polar surface area (TPSA) is 194 Å². The van der Waals surface area contributed by atoms with Gasteiger partial charge < -0.3 is 44.4 Å². The number of fused-ring (bicyclic) bond motifs is 2. The van der Waals surface area contributed by atoms with Gasteiger partial charge in [0.2, 0.25) is 11.7 Å². The van der Waals surface area contributed by atoms with Crippen molar-refractivity contribution in [1.29, 1.82) is 0 Å². The number of carbonyl (C=O) groups is 1. The molecule has 1 saturated carbocycles. The highest BCUT2D eigenvalue weighted by molar-refractivity contribution is 6.03. The van der Waals surface area contributed by atoms with Gasteiger partial charge in [-0.2, -0.15) is 0 Å². The number of phenols is 1. The second kappa shape index (κ2) is 19.8. The van der Waals surface area contributed by atoms with Crippen molar-refractivity contribution >= 4 is 23.4 Å². The van der Waals surface area contributed by atoms with Crippen LogP contribution in [-0.4, -0.2) is 107 Å². The van der Waals surface area contributed by atoms with Crippen LogP contribution in [0.25, 0.3) is 6.08 Å². The van der Waals surface area contributed by atoms with Crippen LogP contribution < -0.4 is 4.74 Å². The van der Waals surface area contributed by atoms with Crippen molar-refractivity contribution in [3.05, 3.63) is 94.1 Å². The normalized spacial score (nSPS) is 24.8. The van der Waals surface area contributed by atoms with Crippen LogP contribution in [-0.2, 0) is 19.1 Å². The molecule has 0 spiro atoms. The summed E-state index contributed by atoms with van der Waals surface area (Å²) in [5.74, 6) is -2.12. The number of unbranched alkanes of at least 4 members (excludes halogenated alkanes) is 2. The average Bonchev–Trinajstić information content (AvgIpc) is 3.18. The highest BCUT2D eigenvalue weighted by atomic mass is 16.7. The van der Waals surface area contributed by atoms with Crippen molar-refractivity contribution in [1.82, 2.24) is 4.90 Å². The number of phenolic OH excluding ortho intramolecular Hbond substituents is 1. The molecule has 4 N–H and O–H groups in total. The number of ether oxygens (including phenoxy) is 3. The number of nitrogens with zero attached hydrogens (tertiary/aromatic N) is 3. The molecular formula is C41H53N3O11. The van der Waals surface area contributed by atoms with Crippen molar-refractivity contribution in [2.45, 2.75) is 62.7 Å². The van der Waals surface area contributed by atoms with Gasteiger partial charge in [-0.25, -0.2) is 0 Å². The van der Waals surface area contributed by atoms with Crippen molar-refractivity contribution < 1.29 is 49.2 Å². The third-order valence-electron chi connectivity index (χ3n) is 10.8. The zero-order chi connectivity index (χ0) is 39.4. The van der Waals surface area contributed by atoms with E-state index in [9.17, 15) is 35.3 Å². The predicted octanol–water partition coefficient (Wildman–Crippen LogP) is 5.11. The third-order valence-corrected chi connectivity index (χ3v) is 10.8. The lowest BCUT2D eigenvalue weighted by molar-refractivity contribution is -0.384. The van der Waals surface area contributed by atoms with E-state index in [1.165, 1.54) is 25.3 Å². The van der Waals surface area contributed by atoms with Gasteiger partial charge in [0, 0.05) is 55.9 Å². The number of rotatable bonds is 21. The number of nitro benzene ring substituents is 1. The molecule has 2 aromatic carbocycles. The molecular weight excluding hydrogens is 710 g/mol. The number of non-ortho nitro benzene ring substituents is 1. The maximum atomic E-state index is 14.5. The number of hydrogen-bond acceptors (Lipinski definition) is 12. The second-order valence-electron chi connectivity index (χ2n) is 14.0. The average molecular weight is 764 g/mol. The van der Waals surface area contributed by atoms with Crippen molar-refractivity contribution in [3.8, 4) is 11.5 Å². The molecule has 2 aliphatic carbocycles. The Labute approximate surface area is 321 Å². The largest absolute Gasteiger partial charge is 0.508 e. The van der Waals surface area contributed by atoms with E-state index < -0.39 is 28.6 Å². The quantitative estimate of drug-likeness (QED) is 0.0434. The number of benzene rings is 2. The van der Waals surface area contributed by atoms with Gasteiger partial charge in [-0.1, -0.05) is 30.1 Å². The molecule has 14 heteroatoms. The van der Waals surface area contributed by atoms with Gasteiger partial charge in [-0.15, -0.1) is 6.58 Å². The van der Waals surface area contributed by atoms with Crippen LogP contribution in [0, 0.1) is 27.9 Å². The monoisotopic (exact) mass is 763 g/mol. The Bertz CT molecular complexity index is 1710. The molecule has 1 heterocycles. The first-order chi connectivity index (χ1) is 26.7. The van der Waals surface area contributed by atoms with Gasteiger partial charge in [0.05, 0.1) is 43.0 Å². The van der Waals surface area contributed by atoms with E-state index in [-0.39, 0.29) is 81.8 Å². The number of carbonyl (C=O) groups excluding carboxylic acids is 1. The fourth-order valence-electron chi connectivity index (χ4n) is 8.49. The molecule has 6 atom stereocenters. The van der Waals surface area contributed by atoms with Crippen LogP contribution in [0.15, 0.2) is 78.0 Å². The summed E-state index contributed by atoms with van der Waals surface area (Å²) in [5, 5.41) is 55.5. The molecule has 3 aliphatic rings. The van der Waals surface area contributed by atoms with Gasteiger partial charge in [-0.3, -0.25) is 14.9 Å². The molecule has 1 fully saturated rings. The minimum absolute atomic E-state index is 0.00299. The lowest BCUT2D eigenvalue weighted by atomic mass is 9.55. The molecule has 0 unspecified atom stereocenters. The molecule has 2 aromatic rings. The Hall–Kier alpha value is -4.60. The summed E-state index contributed by atoms with van der Waals surface area (Å²) in [6.45, 7) is 4.18. The Morgan fingerprint density at radius 1 is 1.07 bits per heavy atom. The summed E-state index contributed by atoms with van der Waals surface area (Å²) in [5.41, 5.74) is 2.78. The lowest BCUT2D eigenvalue weighted by Crippen LogP contribution is -2.70. The van der Waals surface area contributed by atoms with Crippen molar-refractivity contribution in [3.63, 3.8) is 0 Å². The summed E-state index contributed by atoms with van der Waals surface area (Å²) in [4.78, 5) is 32.3. The Morgan fingerprint density at radius 3 is 2.49 bits per heavy atom. The molecule has 298 valence electrons. The maximum Gasteiger partial charge on any atom is 0.269 e. The molecule has 0 bridgehead atoms. The molecule has 5 rings (SSSR count). The molecule has 14 nitrogen and oxygen atoms in total. The molecule has 0 saturated heterocycles. The van der Waals surface area contributed by atoms with Gasteiger partial charge in [0.1, 0.15) is 24.7 Å². The molecule has 1 amide bonds. The molecule has 0 aromatic heterocycles. The van der Waals surface area contributed by atoms with Gasteiger partial charge in [0.25, 0.3) is 5.69 Å². The number of aromatic hydroxyl groups is 1. The summed E-state index contributed by atoms with van der Waals surface area (Å²) in [6, 6.07) is 10.1. The molecule has 55 heavy (non-hydrogen) atoms. The summed E-state index contributed by atoms with van der Waals surface area (Å²) >= 11 is 0. The number of hydrogen-bond donors (Lipinski definition) is 4. The van der Waals surface area contributed by atoms with E-state index in [0.717, 1.165) is 36.8 Å². The van der Waals surface area contributed by atoms with E-state index in [1.807, 2.05) is 0 Å². The van der Waals surface area contributed by atoms with E-state index in [0.29, 0.717) is 29.9 Å².